The van der Waals surface area contributed by atoms with Gasteiger partial charge in [-0.25, -0.2) is 4.98 Å². The lowest BCUT2D eigenvalue weighted by atomic mass is 10.1. The largest absolute Gasteiger partial charge is 0.494 e. The van der Waals surface area contributed by atoms with Crippen molar-refractivity contribution in [1.29, 1.82) is 0 Å². The predicted octanol–water partition coefficient (Wildman–Crippen LogP) is 5.63. The van der Waals surface area contributed by atoms with Crippen LogP contribution in [-0.2, 0) is 11.3 Å². The van der Waals surface area contributed by atoms with Gasteiger partial charge < -0.3 is 14.5 Å². The highest BCUT2D eigenvalue weighted by Gasteiger charge is 2.19. The molecule has 182 valence electrons. The van der Waals surface area contributed by atoms with Gasteiger partial charge in [0.15, 0.2) is 5.16 Å². The first-order valence-corrected chi connectivity index (χ1v) is 12.6. The Morgan fingerprint density at radius 1 is 1.06 bits per heavy atom. The molecule has 0 radical (unpaired) electrons. The molecule has 0 fully saturated rings. The van der Waals surface area contributed by atoms with E-state index >= 15 is 0 Å². The number of ether oxygens (including phenoxy) is 1. The fourth-order valence-corrected chi connectivity index (χ4v) is 4.70. The van der Waals surface area contributed by atoms with Crippen LogP contribution in [0, 0.1) is 6.92 Å². The van der Waals surface area contributed by atoms with Crippen LogP contribution in [0.1, 0.15) is 18.1 Å². The summed E-state index contributed by atoms with van der Waals surface area (Å²) >= 11 is 1.22. The number of hydrogen-bond acceptors (Lipinski definition) is 6. The van der Waals surface area contributed by atoms with Crippen LogP contribution >= 0.6 is 11.8 Å². The minimum atomic E-state index is -0.272. The van der Waals surface area contributed by atoms with E-state index in [-0.39, 0.29) is 22.8 Å². The number of furan rings is 1. The van der Waals surface area contributed by atoms with Gasteiger partial charge in [0.25, 0.3) is 5.56 Å². The van der Waals surface area contributed by atoms with Crippen LogP contribution in [0.2, 0.25) is 0 Å². The summed E-state index contributed by atoms with van der Waals surface area (Å²) in [5.74, 6) is 0.641. The van der Waals surface area contributed by atoms with Crippen molar-refractivity contribution in [1.82, 2.24) is 9.55 Å². The highest BCUT2D eigenvalue weighted by molar-refractivity contribution is 7.99. The molecule has 2 aromatic heterocycles. The van der Waals surface area contributed by atoms with E-state index < -0.39 is 0 Å². The number of fused-ring (bicyclic) bond motifs is 3. The normalized spacial score (nSPS) is 11.2. The SMILES string of the molecule is CCOc1ccc(NC(=O)CSc2nc3c(oc4ccccc43)c(=O)n2Cc2ccc(C)cc2)cc1. The molecule has 0 atom stereocenters. The van der Waals surface area contributed by atoms with Crippen LogP contribution in [0.4, 0.5) is 5.69 Å². The molecule has 36 heavy (non-hydrogen) atoms. The van der Waals surface area contributed by atoms with Crippen LogP contribution in [0.25, 0.3) is 22.1 Å². The molecule has 0 bridgehead atoms. The van der Waals surface area contributed by atoms with Gasteiger partial charge in [-0.05, 0) is 55.8 Å². The van der Waals surface area contributed by atoms with Crippen molar-refractivity contribution in [2.75, 3.05) is 17.7 Å². The van der Waals surface area contributed by atoms with E-state index in [0.29, 0.717) is 35.1 Å². The molecule has 0 saturated heterocycles. The van der Waals surface area contributed by atoms with Crippen LogP contribution < -0.4 is 15.6 Å². The molecule has 5 rings (SSSR count). The minimum Gasteiger partial charge on any atom is -0.494 e. The Balaban J connectivity index is 1.44. The topological polar surface area (TPSA) is 86.4 Å². The zero-order chi connectivity index (χ0) is 25.1. The van der Waals surface area contributed by atoms with Gasteiger partial charge in [0, 0.05) is 11.1 Å². The predicted molar refractivity (Wildman–Crippen MR) is 143 cm³/mol. The molecule has 0 aliphatic carbocycles. The Morgan fingerprint density at radius 2 is 1.81 bits per heavy atom. The third kappa shape index (κ3) is 4.99. The van der Waals surface area contributed by atoms with E-state index in [4.69, 9.17) is 14.1 Å². The lowest BCUT2D eigenvalue weighted by Crippen LogP contribution is -2.24. The second kappa shape index (κ2) is 10.3. The Morgan fingerprint density at radius 3 is 2.56 bits per heavy atom. The third-order valence-electron chi connectivity index (χ3n) is 5.69. The number of benzene rings is 3. The van der Waals surface area contributed by atoms with Gasteiger partial charge in [-0.1, -0.05) is 53.7 Å². The first-order valence-electron chi connectivity index (χ1n) is 11.6. The molecular weight excluding hydrogens is 474 g/mol. The number of para-hydroxylation sites is 1. The van der Waals surface area contributed by atoms with Crippen LogP contribution in [0.5, 0.6) is 5.75 Å². The standard InChI is InChI=1S/C28H25N3O4S/c1-3-34-21-14-12-20(13-15-21)29-24(32)17-36-28-30-25-22-6-4-5-7-23(22)35-26(25)27(33)31(28)16-19-10-8-18(2)9-11-19/h4-15H,3,16-17H2,1-2H3,(H,29,32). The number of rotatable bonds is 8. The van der Waals surface area contributed by atoms with Crippen LogP contribution in [0.3, 0.4) is 0 Å². The monoisotopic (exact) mass is 499 g/mol. The molecular formula is C28H25N3O4S. The number of carbonyl (C=O) groups excluding carboxylic acids is 1. The fourth-order valence-electron chi connectivity index (χ4n) is 3.91. The van der Waals surface area contributed by atoms with E-state index in [1.165, 1.54) is 11.8 Å². The van der Waals surface area contributed by atoms with Crippen molar-refractivity contribution in [3.63, 3.8) is 0 Å². The number of nitrogens with zero attached hydrogens (tertiary/aromatic N) is 2. The average molecular weight is 500 g/mol. The summed E-state index contributed by atoms with van der Waals surface area (Å²) in [5, 5.41) is 4.12. The Hall–Kier alpha value is -4.04. The lowest BCUT2D eigenvalue weighted by molar-refractivity contribution is -0.113. The number of nitrogens with one attached hydrogen (secondary N) is 1. The first kappa shape index (κ1) is 23.7. The van der Waals surface area contributed by atoms with Gasteiger partial charge in [-0.15, -0.1) is 0 Å². The molecule has 3 aromatic carbocycles. The van der Waals surface area contributed by atoms with E-state index in [9.17, 15) is 9.59 Å². The van der Waals surface area contributed by atoms with Gasteiger partial charge in [0.2, 0.25) is 11.5 Å². The number of amides is 1. The number of anilines is 1. The minimum absolute atomic E-state index is 0.0921. The van der Waals surface area contributed by atoms with Crippen molar-refractivity contribution in [3.05, 3.63) is 94.3 Å². The van der Waals surface area contributed by atoms with E-state index in [2.05, 4.69) is 5.32 Å². The lowest BCUT2D eigenvalue weighted by Gasteiger charge is -2.12. The number of aryl methyl sites for hydroxylation is 1. The van der Waals surface area contributed by atoms with Gasteiger partial charge in [0.05, 0.1) is 18.9 Å². The molecule has 1 amide bonds. The molecule has 5 aromatic rings. The maximum absolute atomic E-state index is 13.5. The molecule has 0 aliphatic heterocycles. The van der Waals surface area contributed by atoms with Crippen molar-refractivity contribution >= 4 is 45.4 Å². The molecule has 0 unspecified atom stereocenters. The number of hydrogen-bond donors (Lipinski definition) is 1. The van der Waals surface area contributed by atoms with E-state index in [1.807, 2.05) is 74.5 Å². The zero-order valence-corrected chi connectivity index (χ0v) is 20.8. The van der Waals surface area contributed by atoms with Crippen molar-refractivity contribution in [2.45, 2.75) is 25.5 Å². The van der Waals surface area contributed by atoms with Gasteiger partial charge in [-0.3, -0.25) is 14.2 Å². The average Bonchev–Trinajstić information content (AvgIpc) is 3.26. The van der Waals surface area contributed by atoms with Gasteiger partial charge in [0.1, 0.15) is 16.8 Å². The second-order valence-corrected chi connectivity index (χ2v) is 9.28. The smallest absolute Gasteiger partial charge is 0.298 e. The molecule has 8 heteroatoms. The summed E-state index contributed by atoms with van der Waals surface area (Å²) in [6, 6.07) is 22.6. The number of thioether (sulfide) groups is 1. The second-order valence-electron chi connectivity index (χ2n) is 8.34. The highest BCUT2D eigenvalue weighted by atomic mass is 32.2. The van der Waals surface area contributed by atoms with E-state index in [1.54, 1.807) is 16.7 Å². The van der Waals surface area contributed by atoms with Gasteiger partial charge >= 0.3 is 0 Å². The number of aromatic nitrogens is 2. The van der Waals surface area contributed by atoms with Crippen LogP contribution in [0.15, 0.2) is 87.2 Å². The molecule has 0 aliphatic rings. The summed E-state index contributed by atoms with van der Waals surface area (Å²) in [6.45, 7) is 4.84. The Kier molecular flexibility index (Phi) is 6.77. The number of carbonyl (C=O) groups is 1. The summed E-state index contributed by atoms with van der Waals surface area (Å²) in [4.78, 5) is 31.0. The quantitative estimate of drug-likeness (QED) is 0.220. The fraction of sp³-hybridized carbons (Fsp3) is 0.179. The van der Waals surface area contributed by atoms with E-state index in [0.717, 1.165) is 22.3 Å². The molecule has 0 saturated carbocycles. The summed E-state index contributed by atoms with van der Waals surface area (Å²) in [5.41, 5.74) is 3.82. The highest BCUT2D eigenvalue weighted by Crippen LogP contribution is 2.28. The van der Waals surface area contributed by atoms with Crippen molar-refractivity contribution < 1.29 is 13.9 Å². The summed E-state index contributed by atoms with van der Waals surface area (Å²) < 4.78 is 12.9. The first-order chi connectivity index (χ1) is 17.5. The van der Waals surface area contributed by atoms with Crippen molar-refractivity contribution in [2.24, 2.45) is 0 Å². The Bertz CT molecular complexity index is 1590. The third-order valence-corrected chi connectivity index (χ3v) is 6.67. The molecule has 7 nitrogen and oxygen atoms in total. The molecule has 2 heterocycles. The van der Waals surface area contributed by atoms with Crippen molar-refractivity contribution in [3.8, 4) is 5.75 Å². The molecule has 0 spiro atoms. The van der Waals surface area contributed by atoms with Gasteiger partial charge in [-0.2, -0.15) is 0 Å². The molecule has 1 N–H and O–H groups in total. The summed E-state index contributed by atoms with van der Waals surface area (Å²) in [6.07, 6.45) is 0. The van der Waals surface area contributed by atoms with Crippen LogP contribution in [-0.4, -0.2) is 27.8 Å². The maximum Gasteiger partial charge on any atom is 0.298 e. The summed E-state index contributed by atoms with van der Waals surface area (Å²) in [7, 11) is 0. The Labute approximate surface area is 212 Å². The zero-order valence-electron chi connectivity index (χ0n) is 20.0. The maximum atomic E-state index is 13.5.